The quantitative estimate of drug-likeness (QED) is 0.468. The lowest BCUT2D eigenvalue weighted by Gasteiger charge is -2.05. The van der Waals surface area contributed by atoms with Gasteiger partial charge in [0.05, 0.1) is 28.2 Å². The van der Waals surface area contributed by atoms with Crippen LogP contribution in [-0.4, -0.2) is 26.2 Å². The lowest BCUT2D eigenvalue weighted by molar-refractivity contribution is -0.385. The molecule has 0 fully saturated rings. The number of hydrogen-bond acceptors (Lipinski definition) is 6. The highest BCUT2D eigenvalue weighted by Crippen LogP contribution is 2.17. The standard InChI is InChI=1S/C15H15N3O5S/c1-2-23-13-7-9-14(10-8-13)24(21,22)17-16-11-12-5-3-4-6-15(12)18(19)20/h3-11,17H,2H2,1H3/b16-11+. The Labute approximate surface area is 139 Å². The third kappa shape index (κ3) is 4.29. The number of para-hydroxylation sites is 1. The first-order valence-electron chi connectivity index (χ1n) is 6.95. The fourth-order valence-corrected chi connectivity index (χ4v) is 2.65. The molecule has 126 valence electrons. The molecule has 0 aliphatic rings. The van der Waals surface area contributed by atoms with Crippen molar-refractivity contribution < 1.29 is 18.1 Å². The first kappa shape index (κ1) is 17.4. The molecule has 0 spiro atoms. The first-order chi connectivity index (χ1) is 11.4. The fourth-order valence-electron chi connectivity index (χ4n) is 1.86. The van der Waals surface area contributed by atoms with Crippen LogP contribution in [0.25, 0.3) is 0 Å². The molecule has 2 aromatic carbocycles. The molecule has 0 saturated heterocycles. The summed E-state index contributed by atoms with van der Waals surface area (Å²) in [6, 6.07) is 11.7. The van der Waals surface area contributed by atoms with Crippen LogP contribution >= 0.6 is 0 Å². The van der Waals surface area contributed by atoms with Crippen LogP contribution in [0.15, 0.2) is 58.5 Å². The lowest BCUT2D eigenvalue weighted by Crippen LogP contribution is -2.18. The molecule has 0 bridgehead atoms. The summed E-state index contributed by atoms with van der Waals surface area (Å²) >= 11 is 0. The minimum Gasteiger partial charge on any atom is -0.494 e. The zero-order chi connectivity index (χ0) is 17.6. The molecule has 0 aliphatic heterocycles. The van der Waals surface area contributed by atoms with Crippen LogP contribution in [0.4, 0.5) is 5.69 Å². The number of ether oxygens (including phenoxy) is 1. The molecule has 24 heavy (non-hydrogen) atoms. The Morgan fingerprint density at radius 3 is 2.50 bits per heavy atom. The second-order valence-corrected chi connectivity index (χ2v) is 6.23. The number of nitro benzene ring substituents is 1. The number of nitrogens with zero attached hydrogens (tertiary/aromatic N) is 2. The number of hydrazone groups is 1. The monoisotopic (exact) mass is 349 g/mol. The Kier molecular flexibility index (Phi) is 5.48. The van der Waals surface area contributed by atoms with Crippen molar-refractivity contribution >= 4 is 21.9 Å². The Morgan fingerprint density at radius 2 is 1.88 bits per heavy atom. The number of nitrogens with one attached hydrogen (secondary N) is 1. The highest BCUT2D eigenvalue weighted by atomic mass is 32.2. The number of hydrogen-bond donors (Lipinski definition) is 1. The average molecular weight is 349 g/mol. The van der Waals surface area contributed by atoms with E-state index in [2.05, 4.69) is 5.10 Å². The Morgan fingerprint density at radius 1 is 1.21 bits per heavy atom. The van der Waals surface area contributed by atoms with Gasteiger partial charge < -0.3 is 4.74 Å². The minimum absolute atomic E-state index is 0.00524. The molecule has 0 aromatic heterocycles. The summed E-state index contributed by atoms with van der Waals surface area (Å²) in [6.07, 6.45) is 1.09. The largest absolute Gasteiger partial charge is 0.494 e. The van der Waals surface area contributed by atoms with Crippen LogP contribution in [-0.2, 0) is 10.0 Å². The van der Waals surface area contributed by atoms with Gasteiger partial charge in [0, 0.05) is 6.07 Å². The summed E-state index contributed by atoms with van der Waals surface area (Å²) in [5.74, 6) is 0.555. The van der Waals surface area contributed by atoms with Crippen molar-refractivity contribution in [3.8, 4) is 5.75 Å². The second-order valence-electron chi connectivity index (χ2n) is 4.57. The topological polar surface area (TPSA) is 111 Å². The van der Waals surface area contributed by atoms with Gasteiger partial charge in [-0.25, -0.2) is 4.83 Å². The van der Waals surface area contributed by atoms with E-state index in [0.717, 1.165) is 6.21 Å². The summed E-state index contributed by atoms with van der Waals surface area (Å²) in [5, 5.41) is 14.5. The fraction of sp³-hybridized carbons (Fsp3) is 0.133. The van der Waals surface area contributed by atoms with E-state index in [0.29, 0.717) is 12.4 Å². The molecule has 0 saturated carbocycles. The summed E-state index contributed by atoms with van der Waals surface area (Å²) < 4.78 is 29.5. The van der Waals surface area contributed by atoms with Crippen molar-refractivity contribution in [1.29, 1.82) is 0 Å². The van der Waals surface area contributed by atoms with Gasteiger partial charge in [-0.1, -0.05) is 12.1 Å². The number of nitro groups is 1. The van der Waals surface area contributed by atoms with Gasteiger partial charge in [0.2, 0.25) is 0 Å². The van der Waals surface area contributed by atoms with Gasteiger partial charge in [0.1, 0.15) is 5.75 Å². The van der Waals surface area contributed by atoms with Gasteiger partial charge in [-0.2, -0.15) is 13.5 Å². The van der Waals surface area contributed by atoms with E-state index >= 15 is 0 Å². The zero-order valence-corrected chi connectivity index (χ0v) is 13.6. The van der Waals surface area contributed by atoms with Gasteiger partial charge in [-0.15, -0.1) is 0 Å². The van der Waals surface area contributed by atoms with E-state index in [1.807, 2.05) is 11.8 Å². The number of sulfonamides is 1. The van der Waals surface area contributed by atoms with E-state index in [-0.39, 0.29) is 16.1 Å². The lowest BCUT2D eigenvalue weighted by atomic mass is 10.2. The third-order valence-corrected chi connectivity index (χ3v) is 4.19. The van der Waals surface area contributed by atoms with E-state index in [9.17, 15) is 18.5 Å². The molecule has 0 heterocycles. The molecule has 9 heteroatoms. The van der Waals surface area contributed by atoms with E-state index < -0.39 is 14.9 Å². The molecule has 8 nitrogen and oxygen atoms in total. The number of benzene rings is 2. The summed E-state index contributed by atoms with van der Waals surface area (Å²) in [6.45, 7) is 2.30. The molecule has 0 amide bonds. The van der Waals surface area contributed by atoms with Crippen LogP contribution in [0.2, 0.25) is 0 Å². The maximum absolute atomic E-state index is 12.1. The maximum atomic E-state index is 12.1. The molecule has 0 atom stereocenters. The first-order valence-corrected chi connectivity index (χ1v) is 8.43. The van der Waals surface area contributed by atoms with E-state index in [1.165, 1.54) is 42.5 Å². The van der Waals surface area contributed by atoms with Crippen LogP contribution in [0, 0.1) is 10.1 Å². The predicted octanol–water partition coefficient (Wildman–Crippen LogP) is 2.31. The smallest absolute Gasteiger partial charge is 0.278 e. The van der Waals surface area contributed by atoms with Gasteiger partial charge in [-0.05, 0) is 37.3 Å². The van der Waals surface area contributed by atoms with Crippen molar-refractivity contribution in [2.45, 2.75) is 11.8 Å². The van der Waals surface area contributed by atoms with Gasteiger partial charge in [0.25, 0.3) is 15.7 Å². The molecule has 1 N–H and O–H groups in total. The van der Waals surface area contributed by atoms with E-state index in [4.69, 9.17) is 4.74 Å². The van der Waals surface area contributed by atoms with Crippen LogP contribution in [0.1, 0.15) is 12.5 Å². The summed E-state index contributed by atoms with van der Waals surface area (Å²) in [4.78, 5) is 12.3. The Balaban J connectivity index is 2.14. The highest BCUT2D eigenvalue weighted by Gasteiger charge is 2.14. The molecular weight excluding hydrogens is 334 g/mol. The number of rotatable bonds is 7. The molecule has 0 aliphatic carbocycles. The van der Waals surface area contributed by atoms with Crippen molar-refractivity contribution in [2.24, 2.45) is 5.10 Å². The molecule has 2 aromatic rings. The van der Waals surface area contributed by atoms with Crippen LogP contribution in [0.5, 0.6) is 5.75 Å². The average Bonchev–Trinajstić information content (AvgIpc) is 2.56. The van der Waals surface area contributed by atoms with Crippen molar-refractivity contribution in [3.63, 3.8) is 0 Å². The maximum Gasteiger partial charge on any atom is 0.278 e. The summed E-state index contributed by atoms with van der Waals surface area (Å²) in [5.41, 5.74) is 0.0263. The Hall–Kier alpha value is -2.94. The second kappa shape index (κ2) is 7.55. The van der Waals surface area contributed by atoms with Gasteiger partial charge in [0.15, 0.2) is 0 Å². The predicted molar refractivity (Wildman–Crippen MR) is 88.6 cm³/mol. The Bertz CT molecular complexity index is 848. The van der Waals surface area contributed by atoms with E-state index in [1.54, 1.807) is 6.07 Å². The zero-order valence-electron chi connectivity index (χ0n) is 12.7. The molecule has 2 rings (SSSR count). The van der Waals surface area contributed by atoms with Gasteiger partial charge >= 0.3 is 0 Å². The molecular formula is C15H15N3O5S. The van der Waals surface area contributed by atoms with Crippen molar-refractivity contribution in [2.75, 3.05) is 6.61 Å². The molecule has 0 unspecified atom stereocenters. The SMILES string of the molecule is CCOc1ccc(S(=O)(=O)N/N=C/c2ccccc2[N+](=O)[O-])cc1. The van der Waals surface area contributed by atoms with Gasteiger partial charge in [-0.3, -0.25) is 10.1 Å². The molecule has 0 radical (unpaired) electrons. The van der Waals surface area contributed by atoms with Crippen molar-refractivity contribution in [3.05, 3.63) is 64.2 Å². The minimum atomic E-state index is -3.87. The summed E-state index contributed by atoms with van der Waals surface area (Å²) in [7, 11) is -3.87. The highest BCUT2D eigenvalue weighted by molar-refractivity contribution is 7.89. The van der Waals surface area contributed by atoms with Crippen LogP contribution < -0.4 is 9.57 Å². The van der Waals surface area contributed by atoms with Crippen molar-refractivity contribution in [1.82, 2.24) is 4.83 Å². The normalized spacial score (nSPS) is 11.4. The van der Waals surface area contributed by atoms with Crippen LogP contribution in [0.3, 0.4) is 0 Å². The third-order valence-electron chi connectivity index (χ3n) is 2.96.